The number of anilines is 2. The van der Waals surface area contributed by atoms with Crippen LogP contribution < -0.4 is 10.6 Å². The molecule has 4 aromatic carbocycles. The van der Waals surface area contributed by atoms with Crippen LogP contribution in [-0.4, -0.2) is 43.3 Å². The quantitative estimate of drug-likeness (QED) is 0.0852. The summed E-state index contributed by atoms with van der Waals surface area (Å²) in [5.74, 6) is -0.214. The Hall–Kier alpha value is -8.24. The topological polar surface area (TPSA) is 150 Å². The molecule has 0 unspecified atom stereocenters. The van der Waals surface area contributed by atoms with Crippen molar-refractivity contribution < 1.29 is 19.2 Å². The number of Topliss-reactive ketones (excluding diaryl/α,β-unsaturated/α-hetero) is 2. The third-order valence-electron chi connectivity index (χ3n) is 22.2. The van der Waals surface area contributed by atoms with Crippen molar-refractivity contribution in [2.75, 3.05) is 10.6 Å². The monoisotopic (exact) mass is 1280 g/mol. The van der Waals surface area contributed by atoms with E-state index in [2.05, 4.69) is 256 Å². The molecule has 5 heterocycles. The van der Waals surface area contributed by atoms with Crippen LogP contribution in [0.2, 0.25) is 0 Å². The van der Waals surface area contributed by atoms with Crippen molar-refractivity contribution in [2.24, 2.45) is 45.3 Å². The second kappa shape index (κ2) is 22.7. The first kappa shape index (κ1) is 66.4. The molecule has 4 saturated carbocycles. The van der Waals surface area contributed by atoms with Crippen molar-refractivity contribution in [2.45, 2.75) is 199 Å². The maximum atomic E-state index is 14.8. The number of rotatable bonds is 14. The summed E-state index contributed by atoms with van der Waals surface area (Å²) in [6.45, 7) is 44.4. The molecule has 2 amide bonds. The molecule has 4 fully saturated rings. The van der Waals surface area contributed by atoms with Gasteiger partial charge in [-0.1, -0.05) is 199 Å². The van der Waals surface area contributed by atoms with Gasteiger partial charge in [-0.25, -0.2) is 9.97 Å². The molecule has 3 aromatic heterocycles. The Morgan fingerprint density at radius 2 is 0.667 bits per heavy atom. The Balaban J connectivity index is 1.20. The molecule has 10 nitrogen and oxygen atoms in total. The van der Waals surface area contributed by atoms with E-state index < -0.39 is 0 Å². The zero-order valence-corrected chi connectivity index (χ0v) is 60.6. The molecule has 4 aliphatic carbocycles. The number of amides is 2. The number of hydrogen-bond acceptors (Lipinski definition) is 6. The van der Waals surface area contributed by atoms with Crippen LogP contribution in [0.4, 0.5) is 11.4 Å². The fraction of sp³-hybridized carbons (Fsp3) is 0.442. The van der Waals surface area contributed by atoms with E-state index in [1.807, 2.05) is 24.3 Å². The Labute approximate surface area is 569 Å². The average molecular weight is 1280 g/mol. The van der Waals surface area contributed by atoms with Gasteiger partial charge in [0.1, 0.15) is 11.6 Å². The highest BCUT2D eigenvalue weighted by Crippen LogP contribution is 2.56. The average Bonchev–Trinajstić information content (AvgIpc) is 1.57. The summed E-state index contributed by atoms with van der Waals surface area (Å²) in [5.41, 5.74) is 18.8. The third kappa shape index (κ3) is 12.8. The van der Waals surface area contributed by atoms with Gasteiger partial charge in [0.25, 0.3) is 0 Å². The van der Waals surface area contributed by atoms with Crippen molar-refractivity contribution in [1.29, 1.82) is 0 Å². The second-order valence-electron chi connectivity index (χ2n) is 36.0. The van der Waals surface area contributed by atoms with Gasteiger partial charge in [-0.05, 0) is 180 Å². The van der Waals surface area contributed by atoms with Crippen molar-refractivity contribution >= 4 is 81.1 Å². The number of carbonyl (C=O) groups excluding carboxylic acids is 4. The van der Waals surface area contributed by atoms with E-state index in [-0.39, 0.29) is 103 Å². The zero-order chi connectivity index (χ0) is 69.1. The minimum atomic E-state index is -0.228. The van der Waals surface area contributed by atoms with E-state index in [0.717, 1.165) is 98.0 Å². The van der Waals surface area contributed by atoms with Crippen LogP contribution in [0.15, 0.2) is 97.1 Å². The van der Waals surface area contributed by atoms with Crippen molar-refractivity contribution in [3.8, 4) is 44.5 Å². The lowest BCUT2D eigenvalue weighted by Gasteiger charge is -2.26. The summed E-state index contributed by atoms with van der Waals surface area (Å²) >= 11 is 0. The Bertz CT molecular complexity index is 4230. The van der Waals surface area contributed by atoms with E-state index in [9.17, 15) is 19.2 Å². The molecule has 7 aromatic rings. The number of ketones is 2. The van der Waals surface area contributed by atoms with Gasteiger partial charge in [-0.3, -0.25) is 19.2 Å². The maximum Gasteiger partial charge on any atom is 0.228 e. The summed E-state index contributed by atoms with van der Waals surface area (Å²) < 4.78 is 0. The molecule has 498 valence electrons. The fourth-order valence-corrected chi connectivity index (χ4v) is 14.8. The van der Waals surface area contributed by atoms with Crippen LogP contribution >= 0.6 is 0 Å². The lowest BCUT2D eigenvalue weighted by molar-refractivity contribution is -0.121. The maximum absolute atomic E-state index is 14.8. The number of carbonyl (C=O) groups is 4. The van der Waals surface area contributed by atoms with Crippen LogP contribution in [0.5, 0.6) is 0 Å². The summed E-state index contributed by atoms with van der Waals surface area (Å²) in [4.78, 5) is 78.6. The van der Waals surface area contributed by atoms with Crippen LogP contribution in [0.1, 0.15) is 220 Å². The smallest absolute Gasteiger partial charge is 0.228 e. The van der Waals surface area contributed by atoms with Gasteiger partial charge in [0.05, 0.1) is 34.2 Å². The molecule has 96 heavy (non-hydrogen) atoms. The minimum Gasteiger partial charge on any atom is -0.354 e. The first-order valence-electron chi connectivity index (χ1n) is 35.1. The number of aromatic nitrogens is 4. The fourth-order valence-electron chi connectivity index (χ4n) is 14.8. The van der Waals surface area contributed by atoms with Crippen molar-refractivity contribution in [3.05, 3.63) is 153 Å². The number of fused-ring (bicyclic) bond motifs is 8. The van der Waals surface area contributed by atoms with Gasteiger partial charge in [0, 0.05) is 86.4 Å². The van der Waals surface area contributed by atoms with E-state index in [4.69, 9.17) is 9.97 Å². The summed E-state index contributed by atoms with van der Waals surface area (Å²) in [5, 5.41) is 6.85. The molecule has 2 aliphatic heterocycles. The Kier molecular flexibility index (Phi) is 15.7. The van der Waals surface area contributed by atoms with Gasteiger partial charge in [-0.15, -0.1) is 0 Å². The molecule has 0 spiro atoms. The molecule has 0 radical (unpaired) electrons. The third-order valence-corrected chi connectivity index (χ3v) is 22.2. The second-order valence-corrected chi connectivity index (χ2v) is 36.0. The standard InChI is InChI=1S/C86H100N6O4/c1-79(2,3)51-35-49(36-52(41-51)80(4,5)6)72-61-27-31-65(87-61)74(71-47(39-69(93)55-43-83(55,13)14)23-21-24-48(71)40-70(94)56-44-84(56,15)16)66-32-28-62(88-66)73(50-37-53(81(7,8)9)42-54(38-50)82(10,11)12)64-30-34-68(90-64)76(67-33-29-63(72)89-67)75-59(91-77(95)57-45-85(57,17)18)25-22-26-60(75)92-78(96)58-46-86(58,19)20/h21-38,41-42,55-58,87,90H,39-40,43-46H2,1-20H3,(H,91,95)(H,92,96)/t55-,56-,57-,58-/m1/s1. The molecule has 10 heteroatoms. The molecule has 8 bridgehead atoms. The number of nitrogens with zero attached hydrogens (tertiary/aromatic N) is 2. The number of H-pyrrole nitrogens is 2. The highest BCUT2D eigenvalue weighted by Gasteiger charge is 2.53. The van der Waals surface area contributed by atoms with E-state index >= 15 is 0 Å². The highest BCUT2D eigenvalue weighted by molar-refractivity contribution is 6.10. The van der Waals surface area contributed by atoms with Gasteiger partial charge in [0.15, 0.2) is 0 Å². The molecule has 4 N–H and O–H groups in total. The Morgan fingerprint density at radius 3 is 0.969 bits per heavy atom. The molecule has 4 atom stereocenters. The predicted molar refractivity (Wildman–Crippen MR) is 398 cm³/mol. The zero-order valence-electron chi connectivity index (χ0n) is 60.6. The molecular weight excluding hydrogens is 1180 g/mol. The highest BCUT2D eigenvalue weighted by atomic mass is 16.2. The van der Waals surface area contributed by atoms with Gasteiger partial charge < -0.3 is 20.6 Å². The first-order chi connectivity index (χ1) is 44.7. The molecule has 0 saturated heterocycles. The van der Waals surface area contributed by atoms with Crippen LogP contribution in [0.25, 0.3) is 90.9 Å². The summed E-state index contributed by atoms with van der Waals surface area (Å²) in [7, 11) is 0. The van der Waals surface area contributed by atoms with Gasteiger partial charge >= 0.3 is 0 Å². The summed E-state index contributed by atoms with van der Waals surface area (Å²) in [6, 6.07) is 34.5. The SMILES string of the molecule is CC(C)(C)c1cc(-c2c3nc(c(-c4c(NC(=O)[C@H]5CC5(C)C)cccc4NC(=O)[C@H]4CC4(C)C)c4ccc([nH]4)c(-c4cc(C(C)(C)C)cc(C(C)(C)C)c4)c4nc(c(-c5c(CC(=O)[C@H]6CC6(C)C)cccc5CC(=O)[C@H]5CC5(C)C)c5ccc2[nH]5)C=C4)C=C3)cc(C(C)(C)C)c1. The van der Waals surface area contributed by atoms with Crippen LogP contribution in [0, 0.1) is 45.3 Å². The van der Waals surface area contributed by atoms with E-state index in [1.54, 1.807) is 0 Å². The van der Waals surface area contributed by atoms with Gasteiger partial charge in [-0.2, -0.15) is 0 Å². The van der Waals surface area contributed by atoms with Gasteiger partial charge in [0.2, 0.25) is 11.8 Å². The lowest BCUT2D eigenvalue weighted by atomic mass is 9.78. The first-order valence-corrected chi connectivity index (χ1v) is 35.1. The number of nitrogens with one attached hydrogen (secondary N) is 4. The Morgan fingerprint density at radius 1 is 0.385 bits per heavy atom. The van der Waals surface area contributed by atoms with E-state index in [1.165, 1.54) is 22.3 Å². The largest absolute Gasteiger partial charge is 0.354 e. The van der Waals surface area contributed by atoms with Crippen LogP contribution in [-0.2, 0) is 53.7 Å². The predicted octanol–water partition coefficient (Wildman–Crippen LogP) is 20.8. The van der Waals surface area contributed by atoms with E-state index in [0.29, 0.717) is 39.6 Å². The number of hydrogen-bond donors (Lipinski definition) is 4. The van der Waals surface area contributed by atoms with Crippen LogP contribution in [0.3, 0.4) is 0 Å². The normalized spacial score (nSPS) is 20.2. The van der Waals surface area contributed by atoms with Crippen molar-refractivity contribution in [1.82, 2.24) is 19.9 Å². The summed E-state index contributed by atoms with van der Waals surface area (Å²) in [6.07, 6.45) is 12.1. The molecule has 6 aliphatic rings. The lowest BCUT2D eigenvalue weighted by Crippen LogP contribution is -2.19. The number of benzene rings is 4. The number of aromatic amines is 2. The molecular formula is C86H100N6O4. The molecule has 13 rings (SSSR count). The van der Waals surface area contributed by atoms with Crippen molar-refractivity contribution in [3.63, 3.8) is 0 Å². The minimum absolute atomic E-state index is 0.0584.